The van der Waals surface area contributed by atoms with Crippen LogP contribution in [0.1, 0.15) is 32.6 Å². The second-order valence-corrected chi connectivity index (χ2v) is 3.64. The van der Waals surface area contributed by atoms with Gasteiger partial charge < -0.3 is 9.57 Å². The molecule has 0 aromatic rings. The summed E-state index contributed by atoms with van der Waals surface area (Å²) in [6.45, 7) is 1.83. The largest absolute Gasteiger partial charge is 0.468 e. The first kappa shape index (κ1) is 11.0. The summed E-state index contributed by atoms with van der Waals surface area (Å²) in [5, 5.41) is 3.86. The number of nitrogens with zero attached hydrogens (tertiary/aromatic N) is 1. The zero-order chi connectivity index (χ0) is 10.6. The summed E-state index contributed by atoms with van der Waals surface area (Å²) in [5.74, 6) is -0.187. The molecular weight excluding hydrogens is 182 g/mol. The van der Waals surface area contributed by atoms with Gasteiger partial charge in [-0.1, -0.05) is 18.0 Å². The third kappa shape index (κ3) is 1.74. The van der Waals surface area contributed by atoms with Crippen molar-refractivity contribution < 1.29 is 14.4 Å². The van der Waals surface area contributed by atoms with Crippen LogP contribution in [0.25, 0.3) is 0 Å². The molecule has 1 aliphatic carbocycles. The number of esters is 1. The van der Waals surface area contributed by atoms with Crippen LogP contribution in [0.5, 0.6) is 0 Å². The van der Waals surface area contributed by atoms with Crippen molar-refractivity contribution in [2.24, 2.45) is 10.6 Å². The van der Waals surface area contributed by atoms with Gasteiger partial charge in [0.05, 0.1) is 12.8 Å². The van der Waals surface area contributed by atoms with Gasteiger partial charge in [-0.3, -0.25) is 4.79 Å². The Kier molecular flexibility index (Phi) is 3.49. The molecule has 0 radical (unpaired) electrons. The number of hydrogen-bond acceptors (Lipinski definition) is 4. The summed E-state index contributed by atoms with van der Waals surface area (Å²) in [4.78, 5) is 16.4. The van der Waals surface area contributed by atoms with Crippen molar-refractivity contribution in [3.05, 3.63) is 0 Å². The molecular formula is C10H17NO3. The lowest BCUT2D eigenvalue weighted by Crippen LogP contribution is -2.36. The fourth-order valence-electron chi connectivity index (χ4n) is 2.11. The highest BCUT2D eigenvalue weighted by Gasteiger charge is 2.45. The molecule has 1 saturated carbocycles. The second-order valence-electron chi connectivity index (χ2n) is 3.64. The molecule has 1 aliphatic rings. The zero-order valence-electron chi connectivity index (χ0n) is 9.00. The van der Waals surface area contributed by atoms with E-state index in [0.29, 0.717) is 0 Å². The third-order valence-electron chi connectivity index (χ3n) is 2.95. The van der Waals surface area contributed by atoms with Gasteiger partial charge in [0.15, 0.2) is 0 Å². The van der Waals surface area contributed by atoms with Crippen molar-refractivity contribution in [1.29, 1.82) is 0 Å². The lowest BCUT2D eigenvalue weighted by atomic mass is 9.82. The molecule has 1 fully saturated rings. The molecule has 14 heavy (non-hydrogen) atoms. The van der Waals surface area contributed by atoms with E-state index in [0.717, 1.165) is 31.4 Å². The van der Waals surface area contributed by atoms with Crippen LogP contribution in [-0.4, -0.2) is 25.9 Å². The van der Waals surface area contributed by atoms with E-state index >= 15 is 0 Å². The quantitative estimate of drug-likeness (QED) is 0.395. The van der Waals surface area contributed by atoms with Gasteiger partial charge >= 0.3 is 5.97 Å². The molecule has 0 aromatic carbocycles. The summed E-state index contributed by atoms with van der Waals surface area (Å²) in [6.07, 6.45) is 3.73. The molecule has 0 aliphatic heterocycles. The highest BCUT2D eigenvalue weighted by Crippen LogP contribution is 2.40. The maximum absolute atomic E-state index is 11.7. The van der Waals surface area contributed by atoms with Crippen molar-refractivity contribution in [1.82, 2.24) is 0 Å². The fraction of sp³-hybridized carbons (Fsp3) is 0.800. The first-order valence-electron chi connectivity index (χ1n) is 4.84. The number of oxime groups is 1. The molecule has 0 saturated heterocycles. The molecule has 0 unspecified atom stereocenters. The molecule has 0 bridgehead atoms. The van der Waals surface area contributed by atoms with Crippen LogP contribution in [0.4, 0.5) is 0 Å². The topological polar surface area (TPSA) is 47.9 Å². The minimum Gasteiger partial charge on any atom is -0.468 e. The fourth-order valence-corrected chi connectivity index (χ4v) is 2.11. The Balaban J connectivity index is 2.92. The van der Waals surface area contributed by atoms with Crippen LogP contribution in [0.2, 0.25) is 0 Å². The Morgan fingerprint density at radius 1 is 1.29 bits per heavy atom. The smallest absolute Gasteiger partial charge is 0.317 e. The molecule has 0 aromatic heterocycles. The number of hydrogen-bond donors (Lipinski definition) is 0. The molecule has 0 N–H and O–H groups in total. The molecule has 80 valence electrons. The van der Waals surface area contributed by atoms with E-state index in [2.05, 4.69) is 5.16 Å². The summed E-state index contributed by atoms with van der Waals surface area (Å²) < 4.78 is 4.83. The Morgan fingerprint density at radius 3 is 2.29 bits per heavy atom. The van der Waals surface area contributed by atoms with E-state index < -0.39 is 5.41 Å². The molecule has 0 heterocycles. The van der Waals surface area contributed by atoms with Gasteiger partial charge in [0, 0.05) is 0 Å². The Morgan fingerprint density at radius 2 is 1.86 bits per heavy atom. The maximum atomic E-state index is 11.7. The molecule has 0 atom stereocenters. The van der Waals surface area contributed by atoms with Crippen LogP contribution in [0.3, 0.4) is 0 Å². The second kappa shape index (κ2) is 4.44. The van der Waals surface area contributed by atoms with E-state index in [4.69, 9.17) is 9.57 Å². The first-order valence-corrected chi connectivity index (χ1v) is 4.84. The minimum atomic E-state index is -0.523. The zero-order valence-corrected chi connectivity index (χ0v) is 9.00. The highest BCUT2D eigenvalue weighted by molar-refractivity contribution is 6.05. The number of ether oxygens (including phenoxy) is 1. The molecule has 0 spiro atoms. The van der Waals surface area contributed by atoms with Gasteiger partial charge in [-0.2, -0.15) is 0 Å². The number of rotatable bonds is 3. The van der Waals surface area contributed by atoms with Crippen molar-refractivity contribution in [3.63, 3.8) is 0 Å². The third-order valence-corrected chi connectivity index (χ3v) is 2.95. The normalized spacial score (nSPS) is 20.6. The highest BCUT2D eigenvalue weighted by atomic mass is 16.6. The van der Waals surface area contributed by atoms with E-state index in [1.54, 1.807) is 0 Å². The summed E-state index contributed by atoms with van der Waals surface area (Å²) in [7, 11) is 2.91. The monoisotopic (exact) mass is 199 g/mol. The standard InChI is InChI=1S/C10H17NO3/c1-8(11-14-3)10(9(12)13-2)6-4-5-7-10/h4-7H2,1-3H3. The van der Waals surface area contributed by atoms with Crippen molar-refractivity contribution in [2.45, 2.75) is 32.6 Å². The van der Waals surface area contributed by atoms with E-state index in [9.17, 15) is 4.79 Å². The van der Waals surface area contributed by atoms with Gasteiger partial charge in [0.2, 0.25) is 0 Å². The SMILES string of the molecule is CON=C(C)C1(C(=O)OC)CCCC1. The van der Waals surface area contributed by atoms with Gasteiger partial charge in [0.25, 0.3) is 0 Å². The predicted octanol–water partition coefficient (Wildman–Crippen LogP) is 1.74. The predicted molar refractivity (Wildman–Crippen MR) is 53.0 cm³/mol. The molecule has 1 rings (SSSR count). The van der Waals surface area contributed by atoms with Crippen LogP contribution in [0, 0.1) is 5.41 Å². The molecule has 4 heteroatoms. The van der Waals surface area contributed by atoms with Crippen LogP contribution < -0.4 is 0 Å². The van der Waals surface area contributed by atoms with Crippen molar-refractivity contribution in [3.8, 4) is 0 Å². The van der Waals surface area contributed by atoms with Gasteiger partial charge in [-0.05, 0) is 19.8 Å². The van der Waals surface area contributed by atoms with E-state index in [1.807, 2.05) is 6.92 Å². The van der Waals surface area contributed by atoms with Gasteiger partial charge in [-0.15, -0.1) is 0 Å². The summed E-state index contributed by atoms with van der Waals surface area (Å²) in [6, 6.07) is 0. The molecule has 4 nitrogen and oxygen atoms in total. The number of carbonyl (C=O) groups excluding carboxylic acids is 1. The van der Waals surface area contributed by atoms with Gasteiger partial charge in [0.1, 0.15) is 12.5 Å². The maximum Gasteiger partial charge on any atom is 0.317 e. The van der Waals surface area contributed by atoms with E-state index in [1.165, 1.54) is 14.2 Å². The lowest BCUT2D eigenvalue weighted by Gasteiger charge is -2.24. The van der Waals surface area contributed by atoms with Crippen LogP contribution in [0.15, 0.2) is 5.16 Å². The van der Waals surface area contributed by atoms with E-state index in [-0.39, 0.29) is 5.97 Å². The number of methoxy groups -OCH3 is 1. The summed E-state index contributed by atoms with van der Waals surface area (Å²) >= 11 is 0. The number of carbonyl (C=O) groups is 1. The van der Waals surface area contributed by atoms with Gasteiger partial charge in [-0.25, -0.2) is 0 Å². The van der Waals surface area contributed by atoms with Crippen molar-refractivity contribution >= 4 is 11.7 Å². The Bertz CT molecular complexity index is 242. The summed E-state index contributed by atoms with van der Waals surface area (Å²) in [5.41, 5.74) is 0.203. The average Bonchev–Trinajstić information content (AvgIpc) is 2.67. The Labute approximate surface area is 84.3 Å². The molecule has 0 amide bonds. The van der Waals surface area contributed by atoms with Crippen molar-refractivity contribution in [2.75, 3.05) is 14.2 Å². The van der Waals surface area contributed by atoms with Crippen LogP contribution in [-0.2, 0) is 14.4 Å². The Hall–Kier alpha value is -1.06. The minimum absolute atomic E-state index is 0.187. The van der Waals surface area contributed by atoms with Crippen LogP contribution >= 0.6 is 0 Å². The first-order chi connectivity index (χ1) is 6.67. The average molecular weight is 199 g/mol. The lowest BCUT2D eigenvalue weighted by molar-refractivity contribution is -0.148.